The summed E-state index contributed by atoms with van der Waals surface area (Å²) in [7, 11) is 0. The van der Waals surface area contributed by atoms with Crippen LogP contribution in [0.25, 0.3) is 5.57 Å². The van der Waals surface area contributed by atoms with E-state index in [1.807, 2.05) is 0 Å². The summed E-state index contributed by atoms with van der Waals surface area (Å²) in [5, 5.41) is 0. The van der Waals surface area contributed by atoms with Crippen molar-refractivity contribution in [2.75, 3.05) is 4.90 Å². The molecule has 0 spiro atoms. The van der Waals surface area contributed by atoms with Crippen LogP contribution < -0.4 is 4.90 Å². The zero-order chi connectivity index (χ0) is 19.9. The van der Waals surface area contributed by atoms with E-state index < -0.39 is 0 Å². The van der Waals surface area contributed by atoms with Gasteiger partial charge in [-0.15, -0.1) is 0 Å². The quantitative estimate of drug-likeness (QED) is 0.318. The number of aryl methyl sites for hydroxylation is 3. The fraction of sp³-hybridized carbons (Fsp3) is 0.115. The van der Waals surface area contributed by atoms with Crippen LogP contribution in [0.15, 0.2) is 91.1 Å². The van der Waals surface area contributed by atoms with E-state index in [4.69, 9.17) is 0 Å². The van der Waals surface area contributed by atoms with Crippen molar-refractivity contribution in [1.29, 1.82) is 0 Å². The van der Waals surface area contributed by atoms with Gasteiger partial charge in [0, 0.05) is 0 Å². The minimum absolute atomic E-state index is 1.19. The number of para-hydroxylation sites is 2. The van der Waals surface area contributed by atoms with Gasteiger partial charge in [-0.25, -0.2) is 0 Å². The number of benzene rings is 3. The van der Waals surface area contributed by atoms with Crippen molar-refractivity contribution in [2.24, 2.45) is 0 Å². The number of hydrogen-bond acceptors (Lipinski definition) is 1. The van der Waals surface area contributed by atoms with E-state index in [1.165, 1.54) is 58.6 Å². The molecule has 1 nitrogen and oxygen atoms in total. The molecule has 0 aromatic heterocycles. The van der Waals surface area contributed by atoms with Gasteiger partial charge in [-0.3, -0.25) is 0 Å². The van der Waals surface area contributed by atoms with Gasteiger partial charge < -0.3 is 0 Å². The molecule has 0 unspecified atom stereocenters. The summed E-state index contributed by atoms with van der Waals surface area (Å²) in [6.07, 6.45) is 6.59. The monoisotopic (exact) mass is 535 g/mol. The van der Waals surface area contributed by atoms with Crippen LogP contribution in [-0.2, 0) is 19.4 Å². The standard InChI is InChI=1S/C26H25N.W/c1-5-11-24(23-15-10-12-20(2)18-23)19-27(25-16-8-6-13-21(25)3)26-17-9-7-14-22(26)4;/h1,5-19H,2-4H3;. The van der Waals surface area contributed by atoms with Crippen molar-refractivity contribution in [2.45, 2.75) is 20.8 Å². The van der Waals surface area contributed by atoms with Crippen LogP contribution in [0, 0.1) is 20.8 Å². The molecule has 0 bridgehead atoms. The average Bonchev–Trinajstić information content (AvgIpc) is 2.70. The molecule has 0 aliphatic carbocycles. The van der Waals surface area contributed by atoms with Gasteiger partial charge in [0.05, 0.1) is 0 Å². The molecular weight excluding hydrogens is 510 g/mol. The van der Waals surface area contributed by atoms with Crippen LogP contribution in [0.5, 0.6) is 0 Å². The normalized spacial score (nSPS) is 11.6. The van der Waals surface area contributed by atoms with Crippen LogP contribution in [0.2, 0.25) is 0 Å². The van der Waals surface area contributed by atoms with E-state index in [1.54, 1.807) is 0 Å². The van der Waals surface area contributed by atoms with Crippen molar-refractivity contribution in [3.8, 4) is 0 Å². The second-order valence-corrected chi connectivity index (χ2v) is 7.87. The molecule has 0 saturated carbocycles. The maximum absolute atomic E-state index is 2.31. The molecule has 0 amide bonds. The Morgan fingerprint density at radius 3 is 1.93 bits per heavy atom. The molecule has 3 aromatic rings. The molecule has 3 aromatic carbocycles. The third-order valence-electron chi connectivity index (χ3n) is 4.72. The molecule has 0 fully saturated rings. The van der Waals surface area contributed by atoms with Gasteiger partial charge in [0.2, 0.25) is 0 Å². The molecular formula is C26H25NW. The summed E-state index contributed by atoms with van der Waals surface area (Å²) >= 11 is 1.45. The summed E-state index contributed by atoms with van der Waals surface area (Å²) in [4.78, 5) is 2.31. The van der Waals surface area contributed by atoms with E-state index in [0.717, 1.165) is 0 Å². The van der Waals surface area contributed by atoms with Gasteiger partial charge in [0.25, 0.3) is 0 Å². The van der Waals surface area contributed by atoms with Crippen molar-refractivity contribution < 1.29 is 19.4 Å². The van der Waals surface area contributed by atoms with Crippen molar-refractivity contribution in [3.05, 3.63) is 113 Å². The molecule has 0 aliphatic heterocycles. The number of nitrogens with zero attached hydrogens (tertiary/aromatic N) is 1. The second kappa shape index (κ2) is 9.62. The third kappa shape index (κ3) is 4.85. The molecule has 0 N–H and O–H groups in total. The second-order valence-electron chi connectivity index (χ2n) is 6.89. The van der Waals surface area contributed by atoms with Gasteiger partial charge in [-0.1, -0.05) is 0 Å². The van der Waals surface area contributed by atoms with Gasteiger partial charge >= 0.3 is 180 Å². The Balaban J connectivity index is 2.23. The van der Waals surface area contributed by atoms with E-state index in [-0.39, 0.29) is 0 Å². The first-order valence-electron chi connectivity index (χ1n) is 9.41. The zero-order valence-electron chi connectivity index (χ0n) is 16.6. The Morgan fingerprint density at radius 1 is 0.786 bits per heavy atom. The number of rotatable bonds is 6. The number of anilines is 2. The fourth-order valence-corrected chi connectivity index (χ4v) is 3.54. The van der Waals surface area contributed by atoms with E-state index in [2.05, 4.69) is 121 Å². The minimum atomic E-state index is 1.19. The summed E-state index contributed by atoms with van der Waals surface area (Å²) < 4.78 is 2.15. The summed E-state index contributed by atoms with van der Waals surface area (Å²) in [5.74, 6) is 0. The Kier molecular flexibility index (Phi) is 6.95. The van der Waals surface area contributed by atoms with Crippen molar-refractivity contribution >= 4 is 21.3 Å². The Hall–Kier alpha value is -2.50. The Bertz CT molecular complexity index is 984. The molecule has 2 heteroatoms. The first-order valence-corrected chi connectivity index (χ1v) is 11.1. The molecule has 0 radical (unpaired) electrons. The predicted octanol–water partition coefficient (Wildman–Crippen LogP) is 6.70. The topological polar surface area (TPSA) is 3.24 Å². The summed E-state index contributed by atoms with van der Waals surface area (Å²) in [6, 6.07) is 25.8. The molecule has 0 atom stereocenters. The average molecular weight is 535 g/mol. The Morgan fingerprint density at radius 2 is 1.39 bits per heavy atom. The zero-order valence-corrected chi connectivity index (χ0v) is 19.5. The van der Waals surface area contributed by atoms with Gasteiger partial charge in [0.15, 0.2) is 0 Å². The van der Waals surface area contributed by atoms with Crippen LogP contribution in [-0.4, -0.2) is 4.40 Å². The molecule has 0 aliphatic rings. The maximum atomic E-state index is 2.31. The van der Waals surface area contributed by atoms with Crippen LogP contribution in [0.4, 0.5) is 11.4 Å². The first-order chi connectivity index (χ1) is 13.6. The van der Waals surface area contributed by atoms with Crippen molar-refractivity contribution in [3.63, 3.8) is 0 Å². The molecule has 3 rings (SSSR count). The van der Waals surface area contributed by atoms with Gasteiger partial charge in [0.1, 0.15) is 0 Å². The molecule has 0 saturated heterocycles. The van der Waals surface area contributed by atoms with Gasteiger partial charge in [-0.2, -0.15) is 0 Å². The molecule has 28 heavy (non-hydrogen) atoms. The van der Waals surface area contributed by atoms with Crippen molar-refractivity contribution in [1.82, 2.24) is 0 Å². The van der Waals surface area contributed by atoms with Gasteiger partial charge in [-0.05, 0) is 0 Å². The van der Waals surface area contributed by atoms with Crippen LogP contribution in [0.1, 0.15) is 22.3 Å². The predicted molar refractivity (Wildman–Crippen MR) is 119 cm³/mol. The first kappa shape index (κ1) is 20.2. The van der Waals surface area contributed by atoms with E-state index >= 15 is 0 Å². The summed E-state index contributed by atoms with van der Waals surface area (Å²) in [6.45, 7) is 6.47. The van der Waals surface area contributed by atoms with Crippen LogP contribution >= 0.6 is 0 Å². The van der Waals surface area contributed by atoms with E-state index in [0.29, 0.717) is 0 Å². The molecule has 0 heterocycles. The SMILES string of the molecule is Cc1cccc(C(C=C[CH]=[W])=CN(c2ccccc2C)c2ccccc2C)c1. The number of allylic oxidation sites excluding steroid dienone is 3. The Labute approximate surface area is 179 Å². The van der Waals surface area contributed by atoms with E-state index in [9.17, 15) is 0 Å². The fourth-order valence-electron chi connectivity index (χ4n) is 3.26. The number of hydrogen-bond donors (Lipinski definition) is 0. The van der Waals surface area contributed by atoms with Crippen LogP contribution in [0.3, 0.4) is 0 Å². The third-order valence-corrected chi connectivity index (χ3v) is 5.29. The summed E-state index contributed by atoms with van der Waals surface area (Å²) in [5.41, 5.74) is 8.57. The molecule has 140 valence electrons.